The maximum atomic E-state index is 10.8. The lowest BCUT2D eigenvalue weighted by atomic mass is 10.0. The van der Waals surface area contributed by atoms with Crippen molar-refractivity contribution in [2.45, 2.75) is 36.3 Å². The standard InChI is InChI=1S/C13H15ClO2S/c1-8(13(15)16)6-9-2-5-12(11(14)7-9)17-10-3-4-10/h2,5,7-8,10H,3-4,6H2,1H3,(H,15,16). The number of carboxylic acids is 1. The molecule has 0 aromatic heterocycles. The molecule has 0 heterocycles. The van der Waals surface area contributed by atoms with Gasteiger partial charge in [0.05, 0.1) is 10.9 Å². The number of aliphatic carboxylic acids is 1. The van der Waals surface area contributed by atoms with E-state index in [2.05, 4.69) is 0 Å². The fraction of sp³-hybridized carbons (Fsp3) is 0.462. The summed E-state index contributed by atoms with van der Waals surface area (Å²) in [6.45, 7) is 1.71. The van der Waals surface area contributed by atoms with E-state index in [0.717, 1.165) is 20.7 Å². The Morgan fingerprint density at radius 3 is 2.82 bits per heavy atom. The van der Waals surface area contributed by atoms with Crippen molar-refractivity contribution in [3.8, 4) is 0 Å². The zero-order chi connectivity index (χ0) is 12.4. The summed E-state index contributed by atoms with van der Waals surface area (Å²) in [5.41, 5.74) is 0.991. The third kappa shape index (κ3) is 3.65. The largest absolute Gasteiger partial charge is 0.481 e. The Bertz CT molecular complexity index is 429. The molecule has 4 heteroatoms. The van der Waals surface area contributed by atoms with Gasteiger partial charge in [0.25, 0.3) is 0 Å². The smallest absolute Gasteiger partial charge is 0.306 e. The molecule has 1 fully saturated rings. The van der Waals surface area contributed by atoms with Crippen LogP contribution in [0.5, 0.6) is 0 Å². The summed E-state index contributed by atoms with van der Waals surface area (Å²) in [5, 5.41) is 10.3. The zero-order valence-electron chi connectivity index (χ0n) is 9.65. The Morgan fingerprint density at radius 2 is 2.29 bits per heavy atom. The van der Waals surface area contributed by atoms with Gasteiger partial charge in [0.2, 0.25) is 0 Å². The molecule has 0 amide bonds. The van der Waals surface area contributed by atoms with E-state index in [-0.39, 0.29) is 5.92 Å². The van der Waals surface area contributed by atoms with Crippen molar-refractivity contribution in [1.29, 1.82) is 0 Å². The molecule has 92 valence electrons. The van der Waals surface area contributed by atoms with Gasteiger partial charge in [0.15, 0.2) is 0 Å². The van der Waals surface area contributed by atoms with Gasteiger partial charge in [-0.3, -0.25) is 4.79 Å². The normalized spacial score (nSPS) is 16.8. The number of carbonyl (C=O) groups is 1. The van der Waals surface area contributed by atoms with E-state index in [1.807, 2.05) is 30.0 Å². The molecule has 1 N–H and O–H groups in total. The Morgan fingerprint density at radius 1 is 1.59 bits per heavy atom. The topological polar surface area (TPSA) is 37.3 Å². The van der Waals surface area contributed by atoms with E-state index >= 15 is 0 Å². The summed E-state index contributed by atoms with van der Waals surface area (Å²) in [6, 6.07) is 5.89. The number of benzene rings is 1. The molecule has 1 saturated carbocycles. The highest BCUT2D eigenvalue weighted by Crippen LogP contribution is 2.42. The third-order valence-electron chi connectivity index (χ3n) is 2.78. The molecule has 1 aromatic carbocycles. The predicted octanol–water partition coefficient (Wildman–Crippen LogP) is 3.86. The zero-order valence-corrected chi connectivity index (χ0v) is 11.2. The molecule has 1 aliphatic carbocycles. The van der Waals surface area contributed by atoms with Crippen LogP contribution in [-0.4, -0.2) is 16.3 Å². The van der Waals surface area contributed by atoms with Crippen LogP contribution in [0.4, 0.5) is 0 Å². The van der Waals surface area contributed by atoms with Crippen molar-refractivity contribution in [3.05, 3.63) is 28.8 Å². The summed E-state index contributed by atoms with van der Waals surface area (Å²) < 4.78 is 0. The Hall–Kier alpha value is -0.670. The molecule has 1 aromatic rings. The van der Waals surface area contributed by atoms with Crippen molar-refractivity contribution in [3.63, 3.8) is 0 Å². The van der Waals surface area contributed by atoms with Crippen LogP contribution in [0.25, 0.3) is 0 Å². The first kappa shape index (κ1) is 12.8. The molecule has 2 nitrogen and oxygen atoms in total. The monoisotopic (exact) mass is 270 g/mol. The quantitative estimate of drug-likeness (QED) is 0.883. The molecule has 1 aliphatic rings. The van der Waals surface area contributed by atoms with Gasteiger partial charge in [-0.05, 0) is 37.0 Å². The van der Waals surface area contributed by atoms with Crippen LogP contribution in [0.1, 0.15) is 25.3 Å². The van der Waals surface area contributed by atoms with Crippen molar-refractivity contribution in [1.82, 2.24) is 0 Å². The van der Waals surface area contributed by atoms with Crippen LogP contribution in [0.15, 0.2) is 23.1 Å². The first-order valence-electron chi connectivity index (χ1n) is 5.74. The van der Waals surface area contributed by atoms with E-state index in [1.165, 1.54) is 12.8 Å². The molecule has 0 saturated heterocycles. The third-order valence-corrected chi connectivity index (χ3v) is 4.62. The maximum absolute atomic E-state index is 10.8. The van der Waals surface area contributed by atoms with Gasteiger partial charge in [-0.1, -0.05) is 24.6 Å². The van der Waals surface area contributed by atoms with Gasteiger partial charge in [-0.15, -0.1) is 11.8 Å². The van der Waals surface area contributed by atoms with E-state index < -0.39 is 5.97 Å². The van der Waals surface area contributed by atoms with Crippen LogP contribution >= 0.6 is 23.4 Å². The average molecular weight is 271 g/mol. The van der Waals surface area contributed by atoms with Gasteiger partial charge in [-0.2, -0.15) is 0 Å². The Balaban J connectivity index is 2.04. The lowest BCUT2D eigenvalue weighted by molar-refractivity contribution is -0.141. The van der Waals surface area contributed by atoms with Crippen molar-refractivity contribution in [2.75, 3.05) is 0 Å². The van der Waals surface area contributed by atoms with E-state index in [9.17, 15) is 4.79 Å². The van der Waals surface area contributed by atoms with E-state index in [1.54, 1.807) is 6.92 Å². The molecule has 1 atom stereocenters. The highest BCUT2D eigenvalue weighted by atomic mass is 35.5. The van der Waals surface area contributed by atoms with Crippen molar-refractivity contribution >= 4 is 29.3 Å². The van der Waals surface area contributed by atoms with Crippen LogP contribution in [0.2, 0.25) is 5.02 Å². The number of hydrogen-bond acceptors (Lipinski definition) is 2. The molecule has 0 aliphatic heterocycles. The van der Waals surface area contributed by atoms with E-state index in [4.69, 9.17) is 16.7 Å². The summed E-state index contributed by atoms with van der Waals surface area (Å²) in [6.07, 6.45) is 3.08. The summed E-state index contributed by atoms with van der Waals surface area (Å²) >= 11 is 8.02. The SMILES string of the molecule is CC(Cc1ccc(SC2CC2)c(Cl)c1)C(=O)O. The molecule has 2 rings (SSSR count). The molecule has 1 unspecified atom stereocenters. The number of rotatable bonds is 5. The average Bonchev–Trinajstić information content (AvgIpc) is 3.06. The first-order valence-corrected chi connectivity index (χ1v) is 7.00. The second kappa shape index (κ2) is 5.32. The van der Waals surface area contributed by atoms with Gasteiger partial charge >= 0.3 is 5.97 Å². The molecule has 0 bridgehead atoms. The van der Waals surface area contributed by atoms with Crippen LogP contribution in [-0.2, 0) is 11.2 Å². The summed E-state index contributed by atoms with van der Waals surface area (Å²) in [7, 11) is 0. The van der Waals surface area contributed by atoms with Gasteiger partial charge < -0.3 is 5.11 Å². The molecule has 0 spiro atoms. The first-order chi connectivity index (χ1) is 8.06. The van der Waals surface area contributed by atoms with Crippen molar-refractivity contribution in [2.24, 2.45) is 5.92 Å². The molecule has 17 heavy (non-hydrogen) atoms. The fourth-order valence-electron chi connectivity index (χ4n) is 1.57. The minimum atomic E-state index is -0.766. The van der Waals surface area contributed by atoms with Crippen LogP contribution in [0, 0.1) is 5.92 Å². The van der Waals surface area contributed by atoms with Crippen molar-refractivity contribution < 1.29 is 9.90 Å². The van der Waals surface area contributed by atoms with Gasteiger partial charge in [-0.25, -0.2) is 0 Å². The molecule has 0 radical (unpaired) electrons. The number of thioether (sulfide) groups is 1. The van der Waals surface area contributed by atoms with Gasteiger partial charge in [0, 0.05) is 10.1 Å². The highest BCUT2D eigenvalue weighted by molar-refractivity contribution is 8.00. The lowest BCUT2D eigenvalue weighted by Crippen LogP contribution is -2.12. The highest BCUT2D eigenvalue weighted by Gasteiger charge is 2.23. The second-order valence-electron chi connectivity index (χ2n) is 4.53. The predicted molar refractivity (Wildman–Crippen MR) is 70.8 cm³/mol. The Kier molecular flexibility index (Phi) is 4.00. The molecular formula is C13H15ClO2S. The minimum absolute atomic E-state index is 0.368. The lowest BCUT2D eigenvalue weighted by Gasteiger charge is -2.09. The number of hydrogen-bond donors (Lipinski definition) is 1. The van der Waals surface area contributed by atoms with Gasteiger partial charge in [0.1, 0.15) is 0 Å². The number of halogens is 1. The molecular weight excluding hydrogens is 256 g/mol. The maximum Gasteiger partial charge on any atom is 0.306 e. The second-order valence-corrected chi connectivity index (χ2v) is 6.27. The number of carboxylic acid groups (broad SMARTS) is 1. The van der Waals surface area contributed by atoms with E-state index in [0.29, 0.717) is 6.42 Å². The fourth-order valence-corrected chi connectivity index (χ4v) is 2.96. The van der Waals surface area contributed by atoms with Crippen LogP contribution < -0.4 is 0 Å². The Labute approximate surface area is 110 Å². The minimum Gasteiger partial charge on any atom is -0.481 e. The summed E-state index contributed by atoms with van der Waals surface area (Å²) in [5.74, 6) is -1.13. The van der Waals surface area contributed by atoms with Crippen LogP contribution in [0.3, 0.4) is 0 Å². The summed E-state index contributed by atoms with van der Waals surface area (Å²) in [4.78, 5) is 11.9.